The van der Waals surface area contributed by atoms with Gasteiger partial charge < -0.3 is 20.2 Å². The molecule has 16 heavy (non-hydrogen) atoms. The maximum absolute atomic E-state index is 5.65. The number of anilines is 1. The van der Waals surface area contributed by atoms with Crippen LogP contribution in [0.25, 0.3) is 0 Å². The second kappa shape index (κ2) is 4.03. The Balaban J connectivity index is 2.08. The van der Waals surface area contributed by atoms with Crippen molar-refractivity contribution in [3.05, 3.63) is 5.89 Å². The van der Waals surface area contributed by atoms with Crippen molar-refractivity contribution in [2.45, 2.75) is 44.9 Å². The summed E-state index contributed by atoms with van der Waals surface area (Å²) in [6.45, 7) is 6.67. The van der Waals surface area contributed by atoms with Crippen molar-refractivity contribution >= 4 is 6.01 Å². The lowest BCUT2D eigenvalue weighted by Gasteiger charge is -2.27. The van der Waals surface area contributed by atoms with Crippen molar-refractivity contribution in [2.24, 2.45) is 5.73 Å². The molecule has 0 aromatic carbocycles. The van der Waals surface area contributed by atoms with E-state index < -0.39 is 0 Å². The minimum atomic E-state index is -0.242. The van der Waals surface area contributed by atoms with Crippen LogP contribution in [0.3, 0.4) is 0 Å². The van der Waals surface area contributed by atoms with Gasteiger partial charge in [-0.05, 0) is 27.2 Å². The Bertz CT molecular complexity index is 365. The lowest BCUT2D eigenvalue weighted by atomic mass is 9.95. The van der Waals surface area contributed by atoms with Gasteiger partial charge in [-0.1, -0.05) is 5.10 Å². The highest BCUT2D eigenvalue weighted by molar-refractivity contribution is 5.26. The average molecular weight is 226 g/mol. The molecule has 3 N–H and O–H groups in total. The quantitative estimate of drug-likeness (QED) is 0.801. The van der Waals surface area contributed by atoms with Crippen LogP contribution >= 0.6 is 0 Å². The zero-order valence-corrected chi connectivity index (χ0v) is 9.86. The summed E-state index contributed by atoms with van der Waals surface area (Å²) in [4.78, 5) is 0. The maximum Gasteiger partial charge on any atom is 0.316 e. The Labute approximate surface area is 94.6 Å². The van der Waals surface area contributed by atoms with Gasteiger partial charge in [0.2, 0.25) is 5.89 Å². The molecule has 1 aliphatic heterocycles. The van der Waals surface area contributed by atoms with E-state index in [0.717, 1.165) is 13.0 Å². The van der Waals surface area contributed by atoms with Crippen molar-refractivity contribution in [3.8, 4) is 0 Å². The molecule has 3 atom stereocenters. The largest absolute Gasteiger partial charge is 0.406 e. The summed E-state index contributed by atoms with van der Waals surface area (Å²) in [7, 11) is 0. The number of nitrogens with two attached hydrogens (primary N) is 1. The minimum absolute atomic E-state index is 0.123. The van der Waals surface area contributed by atoms with E-state index in [1.54, 1.807) is 6.92 Å². The van der Waals surface area contributed by atoms with E-state index in [2.05, 4.69) is 22.4 Å². The molecule has 3 unspecified atom stereocenters. The van der Waals surface area contributed by atoms with Gasteiger partial charge in [-0.15, -0.1) is 5.10 Å². The van der Waals surface area contributed by atoms with Crippen LogP contribution in [-0.4, -0.2) is 28.4 Å². The summed E-state index contributed by atoms with van der Waals surface area (Å²) in [6, 6.07) is 0.167. The van der Waals surface area contributed by atoms with Gasteiger partial charge in [0.1, 0.15) is 0 Å². The molecule has 0 spiro atoms. The Morgan fingerprint density at radius 2 is 2.31 bits per heavy atom. The average Bonchev–Trinajstić information content (AvgIpc) is 2.76. The first-order valence-corrected chi connectivity index (χ1v) is 5.50. The number of ether oxygens (including phenoxy) is 1. The molecule has 0 saturated carbocycles. The predicted molar refractivity (Wildman–Crippen MR) is 59.0 cm³/mol. The zero-order valence-electron chi connectivity index (χ0n) is 9.86. The molecule has 6 nitrogen and oxygen atoms in total. The van der Waals surface area contributed by atoms with Gasteiger partial charge in [-0.2, -0.15) is 0 Å². The van der Waals surface area contributed by atoms with E-state index in [1.165, 1.54) is 0 Å². The first-order chi connectivity index (χ1) is 7.51. The fraction of sp³-hybridized carbons (Fsp3) is 0.800. The van der Waals surface area contributed by atoms with Crippen LogP contribution in [0, 0.1) is 0 Å². The van der Waals surface area contributed by atoms with Crippen molar-refractivity contribution in [2.75, 3.05) is 11.9 Å². The molecule has 0 amide bonds. The summed E-state index contributed by atoms with van der Waals surface area (Å²) in [5.41, 5.74) is 5.50. The molecule has 0 aliphatic carbocycles. The van der Waals surface area contributed by atoms with Crippen LogP contribution in [0.2, 0.25) is 0 Å². The summed E-state index contributed by atoms with van der Waals surface area (Å²) in [5, 5.41) is 11.0. The molecule has 1 fully saturated rings. The fourth-order valence-electron chi connectivity index (χ4n) is 1.71. The fourth-order valence-corrected chi connectivity index (χ4v) is 1.71. The number of aromatic nitrogens is 2. The standard InChI is InChI=1S/C10H18N4O2/c1-6(11)8-13-14-9(16-8)12-10(3)4-5-15-7(10)2/h6-7H,4-5,11H2,1-3H3,(H,12,14). The number of nitrogens with zero attached hydrogens (tertiary/aromatic N) is 2. The Kier molecular flexibility index (Phi) is 2.86. The summed E-state index contributed by atoms with van der Waals surface area (Å²) in [5.74, 6) is 0.442. The van der Waals surface area contributed by atoms with Gasteiger partial charge >= 0.3 is 6.01 Å². The first kappa shape index (κ1) is 11.3. The Morgan fingerprint density at radius 3 is 2.81 bits per heavy atom. The van der Waals surface area contributed by atoms with Crippen LogP contribution in [0.5, 0.6) is 0 Å². The van der Waals surface area contributed by atoms with Gasteiger partial charge in [0.25, 0.3) is 0 Å². The maximum atomic E-state index is 5.65. The van der Waals surface area contributed by atoms with E-state index in [0.29, 0.717) is 11.9 Å². The molecular weight excluding hydrogens is 208 g/mol. The third-order valence-electron chi connectivity index (χ3n) is 3.11. The zero-order chi connectivity index (χ0) is 11.8. The number of rotatable bonds is 3. The van der Waals surface area contributed by atoms with Crippen LogP contribution in [0.15, 0.2) is 4.42 Å². The number of hydrogen-bond acceptors (Lipinski definition) is 6. The smallest absolute Gasteiger partial charge is 0.316 e. The Morgan fingerprint density at radius 1 is 1.56 bits per heavy atom. The number of nitrogens with one attached hydrogen (secondary N) is 1. The predicted octanol–water partition coefficient (Wildman–Crippen LogP) is 1.07. The summed E-state index contributed by atoms with van der Waals surface area (Å²) < 4.78 is 10.9. The first-order valence-electron chi connectivity index (χ1n) is 5.50. The summed E-state index contributed by atoms with van der Waals surface area (Å²) in [6.07, 6.45) is 1.04. The van der Waals surface area contributed by atoms with Crippen molar-refractivity contribution in [1.29, 1.82) is 0 Å². The molecule has 90 valence electrons. The van der Waals surface area contributed by atoms with E-state index in [1.807, 2.05) is 6.92 Å². The highest BCUT2D eigenvalue weighted by Gasteiger charge is 2.38. The second-order valence-corrected chi connectivity index (χ2v) is 4.54. The molecule has 0 bridgehead atoms. The topological polar surface area (TPSA) is 86.2 Å². The minimum Gasteiger partial charge on any atom is -0.406 e. The van der Waals surface area contributed by atoms with Crippen LogP contribution in [0.1, 0.15) is 39.1 Å². The van der Waals surface area contributed by atoms with Crippen LogP contribution in [0.4, 0.5) is 6.01 Å². The molecule has 2 heterocycles. The van der Waals surface area contributed by atoms with E-state index >= 15 is 0 Å². The molecule has 1 saturated heterocycles. The van der Waals surface area contributed by atoms with Crippen molar-refractivity contribution < 1.29 is 9.15 Å². The van der Waals surface area contributed by atoms with Crippen LogP contribution in [-0.2, 0) is 4.74 Å². The van der Waals surface area contributed by atoms with Gasteiger partial charge in [0, 0.05) is 6.61 Å². The molecule has 2 rings (SSSR count). The molecule has 6 heteroatoms. The lowest BCUT2D eigenvalue weighted by molar-refractivity contribution is 0.104. The van der Waals surface area contributed by atoms with Gasteiger partial charge in [0.15, 0.2) is 0 Å². The van der Waals surface area contributed by atoms with E-state index in [9.17, 15) is 0 Å². The molecule has 1 aromatic rings. The molecule has 0 radical (unpaired) electrons. The lowest BCUT2D eigenvalue weighted by Crippen LogP contribution is -2.41. The molecular formula is C10H18N4O2. The van der Waals surface area contributed by atoms with Crippen molar-refractivity contribution in [3.63, 3.8) is 0 Å². The highest BCUT2D eigenvalue weighted by atomic mass is 16.5. The third-order valence-corrected chi connectivity index (χ3v) is 3.11. The van der Waals surface area contributed by atoms with Crippen molar-refractivity contribution in [1.82, 2.24) is 10.2 Å². The van der Waals surface area contributed by atoms with E-state index in [-0.39, 0.29) is 17.7 Å². The SMILES string of the molecule is CC(N)c1nnc(NC2(C)CCOC2C)o1. The van der Waals surface area contributed by atoms with Gasteiger partial charge in [-0.3, -0.25) is 0 Å². The summed E-state index contributed by atoms with van der Waals surface area (Å²) >= 11 is 0. The van der Waals surface area contributed by atoms with Gasteiger partial charge in [-0.25, -0.2) is 0 Å². The molecule has 1 aliphatic rings. The third kappa shape index (κ3) is 2.03. The monoisotopic (exact) mass is 226 g/mol. The van der Waals surface area contributed by atoms with Gasteiger partial charge in [0.05, 0.1) is 17.7 Å². The Hall–Kier alpha value is -1.14. The van der Waals surface area contributed by atoms with Crippen LogP contribution < -0.4 is 11.1 Å². The second-order valence-electron chi connectivity index (χ2n) is 4.54. The normalized spacial score (nSPS) is 31.6. The molecule has 1 aromatic heterocycles. The number of hydrogen-bond donors (Lipinski definition) is 2. The highest BCUT2D eigenvalue weighted by Crippen LogP contribution is 2.29. The van der Waals surface area contributed by atoms with E-state index in [4.69, 9.17) is 14.9 Å².